The largest absolute Gasteiger partial charge is 0.345 e. The van der Waals surface area contributed by atoms with E-state index in [1.807, 2.05) is 14.1 Å². The van der Waals surface area contributed by atoms with E-state index in [2.05, 4.69) is 4.90 Å². The van der Waals surface area contributed by atoms with Gasteiger partial charge in [-0.25, -0.2) is 0 Å². The lowest BCUT2D eigenvalue weighted by Gasteiger charge is -2.17. The predicted octanol–water partition coefficient (Wildman–Crippen LogP) is -0.645. The van der Waals surface area contributed by atoms with Gasteiger partial charge in [0.1, 0.15) is 0 Å². The zero-order chi connectivity index (χ0) is 9.56. The molecule has 0 aliphatic rings. The third kappa shape index (κ3) is 5.09. The number of hydrogen-bond acceptors (Lipinski definition) is 3. The fraction of sp³-hybridized carbons (Fsp3) is 0.875. The fourth-order valence-electron chi connectivity index (χ4n) is 0.905. The van der Waals surface area contributed by atoms with E-state index in [-0.39, 0.29) is 12.5 Å². The Balaban J connectivity index is 3.43. The standard InChI is InChI=1S/C8H19N3O/c1-10(2)5-4-6-11(3)8(12)7-9/h4-7,9H2,1-3H3. The van der Waals surface area contributed by atoms with Gasteiger partial charge >= 0.3 is 0 Å². The van der Waals surface area contributed by atoms with E-state index in [0.29, 0.717) is 0 Å². The lowest BCUT2D eigenvalue weighted by atomic mass is 10.3. The highest BCUT2D eigenvalue weighted by atomic mass is 16.2. The van der Waals surface area contributed by atoms with Gasteiger partial charge in [-0.2, -0.15) is 0 Å². The van der Waals surface area contributed by atoms with Crippen LogP contribution in [-0.4, -0.2) is 56.5 Å². The number of likely N-dealkylation sites (N-methyl/N-ethyl adjacent to an activating group) is 1. The highest BCUT2D eigenvalue weighted by molar-refractivity contribution is 5.77. The van der Waals surface area contributed by atoms with Crippen LogP contribution in [0.2, 0.25) is 0 Å². The lowest BCUT2D eigenvalue weighted by molar-refractivity contribution is -0.128. The molecule has 0 fully saturated rings. The van der Waals surface area contributed by atoms with Crippen LogP contribution in [0.3, 0.4) is 0 Å². The van der Waals surface area contributed by atoms with Crippen molar-refractivity contribution in [2.24, 2.45) is 5.73 Å². The van der Waals surface area contributed by atoms with Gasteiger partial charge in [-0.3, -0.25) is 4.79 Å². The lowest BCUT2D eigenvalue weighted by Crippen LogP contribution is -2.34. The van der Waals surface area contributed by atoms with Crippen LogP contribution in [-0.2, 0) is 4.79 Å². The van der Waals surface area contributed by atoms with Crippen LogP contribution in [0.4, 0.5) is 0 Å². The molecule has 0 radical (unpaired) electrons. The van der Waals surface area contributed by atoms with Crippen molar-refractivity contribution in [1.82, 2.24) is 9.80 Å². The molecule has 0 atom stereocenters. The molecule has 0 spiro atoms. The summed E-state index contributed by atoms with van der Waals surface area (Å²) in [4.78, 5) is 14.7. The highest BCUT2D eigenvalue weighted by Gasteiger charge is 2.04. The first kappa shape index (κ1) is 11.4. The minimum absolute atomic E-state index is 0.00811. The molecule has 72 valence electrons. The van der Waals surface area contributed by atoms with Crippen molar-refractivity contribution in [2.45, 2.75) is 6.42 Å². The number of nitrogens with zero attached hydrogens (tertiary/aromatic N) is 2. The fourth-order valence-corrected chi connectivity index (χ4v) is 0.905. The Morgan fingerprint density at radius 3 is 2.25 bits per heavy atom. The summed E-state index contributed by atoms with van der Waals surface area (Å²) < 4.78 is 0. The molecular formula is C8H19N3O. The van der Waals surface area contributed by atoms with E-state index in [0.717, 1.165) is 19.5 Å². The summed E-state index contributed by atoms with van der Waals surface area (Å²) in [6, 6.07) is 0. The Labute approximate surface area is 74.3 Å². The van der Waals surface area contributed by atoms with Gasteiger partial charge in [-0.1, -0.05) is 0 Å². The number of rotatable bonds is 5. The zero-order valence-corrected chi connectivity index (χ0v) is 8.21. The second-order valence-electron chi connectivity index (χ2n) is 3.18. The van der Waals surface area contributed by atoms with E-state index in [9.17, 15) is 4.79 Å². The van der Waals surface area contributed by atoms with Crippen molar-refractivity contribution in [3.63, 3.8) is 0 Å². The molecule has 0 rings (SSSR count). The van der Waals surface area contributed by atoms with Gasteiger partial charge in [0.2, 0.25) is 5.91 Å². The quantitative estimate of drug-likeness (QED) is 0.601. The van der Waals surface area contributed by atoms with Crippen molar-refractivity contribution >= 4 is 5.91 Å². The van der Waals surface area contributed by atoms with Gasteiger partial charge in [0, 0.05) is 13.6 Å². The molecule has 0 aliphatic carbocycles. The highest BCUT2D eigenvalue weighted by Crippen LogP contribution is 1.89. The van der Waals surface area contributed by atoms with Crippen molar-refractivity contribution in [3.8, 4) is 0 Å². The van der Waals surface area contributed by atoms with Gasteiger partial charge < -0.3 is 15.5 Å². The van der Waals surface area contributed by atoms with Crippen LogP contribution in [0.25, 0.3) is 0 Å². The van der Waals surface area contributed by atoms with Gasteiger partial charge in [0.25, 0.3) is 0 Å². The molecule has 1 amide bonds. The van der Waals surface area contributed by atoms with Crippen molar-refractivity contribution in [3.05, 3.63) is 0 Å². The average molecular weight is 173 g/mol. The number of carbonyl (C=O) groups is 1. The molecule has 0 aromatic heterocycles. The predicted molar refractivity (Wildman–Crippen MR) is 49.9 cm³/mol. The molecule has 0 aromatic carbocycles. The maximum Gasteiger partial charge on any atom is 0.236 e. The molecule has 2 N–H and O–H groups in total. The molecule has 4 nitrogen and oxygen atoms in total. The number of hydrogen-bond donors (Lipinski definition) is 1. The van der Waals surface area contributed by atoms with E-state index < -0.39 is 0 Å². The normalized spacial score (nSPS) is 10.4. The number of amides is 1. The topological polar surface area (TPSA) is 49.6 Å². The summed E-state index contributed by atoms with van der Waals surface area (Å²) in [7, 11) is 5.82. The van der Waals surface area contributed by atoms with Gasteiger partial charge in [-0.15, -0.1) is 0 Å². The second-order valence-corrected chi connectivity index (χ2v) is 3.18. The average Bonchev–Trinajstić information content (AvgIpc) is 2.02. The van der Waals surface area contributed by atoms with Crippen LogP contribution in [0, 0.1) is 0 Å². The molecule has 0 bridgehead atoms. The Kier molecular flexibility index (Phi) is 5.66. The third-order valence-electron chi connectivity index (χ3n) is 1.70. The third-order valence-corrected chi connectivity index (χ3v) is 1.70. The summed E-state index contributed by atoms with van der Waals surface area (Å²) in [6.45, 7) is 1.90. The Morgan fingerprint density at radius 1 is 1.25 bits per heavy atom. The van der Waals surface area contributed by atoms with Gasteiger partial charge in [0.15, 0.2) is 0 Å². The van der Waals surface area contributed by atoms with Crippen LogP contribution in [0.5, 0.6) is 0 Å². The molecule has 4 heteroatoms. The molecule has 0 saturated heterocycles. The smallest absolute Gasteiger partial charge is 0.236 e. The van der Waals surface area contributed by atoms with Crippen molar-refractivity contribution in [2.75, 3.05) is 40.8 Å². The van der Waals surface area contributed by atoms with Crippen LogP contribution in [0.15, 0.2) is 0 Å². The minimum Gasteiger partial charge on any atom is -0.345 e. The SMILES string of the molecule is CN(C)CCCN(C)C(=O)CN. The first-order valence-electron chi connectivity index (χ1n) is 4.16. The second kappa shape index (κ2) is 5.97. The van der Waals surface area contributed by atoms with Crippen molar-refractivity contribution in [1.29, 1.82) is 0 Å². The molecular weight excluding hydrogens is 154 g/mol. The molecule has 0 aromatic rings. The summed E-state index contributed by atoms with van der Waals surface area (Å²) in [5.74, 6) is 0.00811. The monoisotopic (exact) mass is 173 g/mol. The Hall–Kier alpha value is -0.610. The van der Waals surface area contributed by atoms with E-state index in [1.54, 1.807) is 11.9 Å². The first-order chi connectivity index (χ1) is 5.57. The maximum atomic E-state index is 11.0. The summed E-state index contributed by atoms with van der Waals surface area (Å²) in [5, 5.41) is 0. The number of nitrogens with two attached hydrogens (primary N) is 1. The van der Waals surface area contributed by atoms with Gasteiger partial charge in [0.05, 0.1) is 6.54 Å². The molecule has 0 unspecified atom stereocenters. The van der Waals surface area contributed by atoms with Gasteiger partial charge in [-0.05, 0) is 27.1 Å². The van der Waals surface area contributed by atoms with Crippen LogP contribution >= 0.6 is 0 Å². The number of carbonyl (C=O) groups excluding carboxylic acids is 1. The summed E-state index contributed by atoms with van der Waals surface area (Å²) in [5.41, 5.74) is 5.20. The Morgan fingerprint density at radius 2 is 1.83 bits per heavy atom. The first-order valence-corrected chi connectivity index (χ1v) is 4.16. The van der Waals surface area contributed by atoms with Crippen LogP contribution < -0.4 is 5.73 Å². The summed E-state index contributed by atoms with van der Waals surface area (Å²) >= 11 is 0. The molecule has 0 aliphatic heterocycles. The van der Waals surface area contributed by atoms with E-state index in [4.69, 9.17) is 5.73 Å². The molecule has 12 heavy (non-hydrogen) atoms. The maximum absolute atomic E-state index is 11.0. The van der Waals surface area contributed by atoms with Crippen LogP contribution in [0.1, 0.15) is 6.42 Å². The zero-order valence-electron chi connectivity index (χ0n) is 8.21. The van der Waals surface area contributed by atoms with E-state index in [1.165, 1.54) is 0 Å². The minimum atomic E-state index is 0.00811. The Bertz CT molecular complexity index is 136. The van der Waals surface area contributed by atoms with E-state index >= 15 is 0 Å². The van der Waals surface area contributed by atoms with Crippen molar-refractivity contribution < 1.29 is 4.79 Å². The summed E-state index contributed by atoms with van der Waals surface area (Å²) in [6.07, 6.45) is 0.995. The molecule has 0 heterocycles. The molecule has 0 saturated carbocycles.